The van der Waals surface area contributed by atoms with E-state index < -0.39 is 23.4 Å². The average Bonchev–Trinajstić information content (AvgIpc) is 3.44. The Morgan fingerprint density at radius 2 is 1.55 bits per heavy atom. The molecule has 0 aliphatic carbocycles. The normalized spacial score (nSPS) is 11.2. The fourth-order valence-electron chi connectivity index (χ4n) is 4.03. The lowest BCUT2D eigenvalue weighted by Crippen LogP contribution is -2.12. The number of hydrogen-bond donors (Lipinski definition) is 3. The third-order valence-corrected chi connectivity index (χ3v) is 5.81. The summed E-state index contributed by atoms with van der Waals surface area (Å²) in [6.07, 6.45) is -0.260. The molecule has 0 spiro atoms. The van der Waals surface area contributed by atoms with Gasteiger partial charge in [0.25, 0.3) is 0 Å². The van der Waals surface area contributed by atoms with Crippen LogP contribution in [0.25, 0.3) is 0 Å². The number of benzene rings is 2. The lowest BCUT2D eigenvalue weighted by molar-refractivity contribution is -0.142. The fourth-order valence-corrected chi connectivity index (χ4v) is 4.03. The molecule has 4 rings (SSSR count). The second kappa shape index (κ2) is 12.0. The van der Waals surface area contributed by atoms with Crippen LogP contribution in [-0.4, -0.2) is 37.7 Å². The van der Waals surface area contributed by atoms with E-state index in [-0.39, 0.29) is 6.54 Å². The number of nitrogens with two attached hydrogens (primary N) is 1. The first-order valence-electron chi connectivity index (χ1n) is 11.8. The van der Waals surface area contributed by atoms with E-state index in [1.54, 1.807) is 23.0 Å². The lowest BCUT2D eigenvalue weighted by atomic mass is 10.0. The molecule has 0 bridgehead atoms. The number of nitrogen functional groups attached to an aromatic ring is 1. The summed E-state index contributed by atoms with van der Waals surface area (Å²) in [4.78, 5) is 11.0. The Bertz CT molecular complexity index is 1370. The van der Waals surface area contributed by atoms with E-state index in [4.69, 9.17) is 10.8 Å². The SMILES string of the molecule is CNCc1c(C)cc(N)cc1C.Cc1cnn(Cc2ccc(Cn3cc(C(=O)O)c(C(F)(F)F)n3)cc2)c1. The smallest absolute Gasteiger partial charge is 0.436 e. The molecule has 202 valence electrons. The minimum atomic E-state index is -4.81. The zero-order valence-corrected chi connectivity index (χ0v) is 21.7. The molecule has 0 saturated heterocycles. The van der Waals surface area contributed by atoms with Crippen molar-refractivity contribution < 1.29 is 23.1 Å². The summed E-state index contributed by atoms with van der Waals surface area (Å²) in [5, 5.41) is 19.7. The molecule has 0 aliphatic rings. The number of alkyl halides is 3. The van der Waals surface area contributed by atoms with Gasteiger partial charge in [-0.1, -0.05) is 24.3 Å². The summed E-state index contributed by atoms with van der Waals surface area (Å²) in [6.45, 7) is 7.66. The molecule has 0 saturated carbocycles. The van der Waals surface area contributed by atoms with E-state index in [9.17, 15) is 18.0 Å². The molecule has 2 heterocycles. The van der Waals surface area contributed by atoms with Gasteiger partial charge in [-0.2, -0.15) is 23.4 Å². The molecule has 0 fully saturated rings. The molecule has 0 unspecified atom stereocenters. The van der Waals surface area contributed by atoms with Crippen molar-refractivity contribution in [3.8, 4) is 0 Å². The highest BCUT2D eigenvalue weighted by Crippen LogP contribution is 2.30. The van der Waals surface area contributed by atoms with Gasteiger partial charge in [0.15, 0.2) is 5.69 Å². The Labute approximate surface area is 218 Å². The molecular weight excluding hydrogens is 497 g/mol. The van der Waals surface area contributed by atoms with Crippen molar-refractivity contribution in [2.24, 2.45) is 0 Å². The summed E-state index contributed by atoms with van der Waals surface area (Å²) < 4.78 is 41.4. The first-order valence-corrected chi connectivity index (χ1v) is 11.8. The molecular formula is C27H31F3N6O2. The maximum atomic E-state index is 12.9. The van der Waals surface area contributed by atoms with Gasteiger partial charge in [0.2, 0.25) is 0 Å². The quantitative estimate of drug-likeness (QED) is 0.297. The molecule has 11 heteroatoms. The average molecular weight is 529 g/mol. The van der Waals surface area contributed by atoms with Crippen molar-refractivity contribution in [1.29, 1.82) is 0 Å². The Kier molecular flexibility index (Phi) is 8.95. The first-order chi connectivity index (χ1) is 17.9. The van der Waals surface area contributed by atoms with Crippen LogP contribution < -0.4 is 11.1 Å². The highest BCUT2D eigenvalue weighted by Gasteiger charge is 2.39. The third-order valence-electron chi connectivity index (χ3n) is 5.81. The number of aromatic carboxylic acids is 1. The second-order valence-corrected chi connectivity index (χ2v) is 9.09. The van der Waals surface area contributed by atoms with E-state index in [1.165, 1.54) is 16.7 Å². The van der Waals surface area contributed by atoms with Crippen LogP contribution in [0.2, 0.25) is 0 Å². The molecule has 8 nitrogen and oxygen atoms in total. The third kappa shape index (κ3) is 7.45. The number of anilines is 1. The van der Waals surface area contributed by atoms with Crippen LogP contribution in [0, 0.1) is 20.8 Å². The molecule has 0 radical (unpaired) electrons. The van der Waals surface area contributed by atoms with Crippen LogP contribution in [0.5, 0.6) is 0 Å². The van der Waals surface area contributed by atoms with Crippen molar-refractivity contribution in [3.05, 3.63) is 99.6 Å². The van der Waals surface area contributed by atoms with Gasteiger partial charge in [0.1, 0.15) is 5.56 Å². The number of nitrogens with zero attached hydrogens (tertiary/aromatic N) is 4. The molecule has 2 aromatic carbocycles. The minimum absolute atomic E-state index is 0.0392. The van der Waals surface area contributed by atoms with Crippen LogP contribution in [-0.2, 0) is 25.8 Å². The van der Waals surface area contributed by atoms with Crippen molar-refractivity contribution >= 4 is 11.7 Å². The van der Waals surface area contributed by atoms with Crippen LogP contribution in [0.1, 0.15) is 49.4 Å². The molecule has 4 aromatic rings. The number of halogens is 3. The van der Waals surface area contributed by atoms with E-state index >= 15 is 0 Å². The van der Waals surface area contributed by atoms with Gasteiger partial charge in [0.05, 0.1) is 19.3 Å². The predicted octanol–water partition coefficient (Wildman–Crippen LogP) is 4.81. The molecule has 0 aliphatic heterocycles. The highest BCUT2D eigenvalue weighted by atomic mass is 19.4. The Morgan fingerprint density at radius 1 is 1.00 bits per heavy atom. The van der Waals surface area contributed by atoms with Crippen molar-refractivity contribution in [3.63, 3.8) is 0 Å². The number of hydrogen-bond acceptors (Lipinski definition) is 5. The Hall–Kier alpha value is -4.12. The number of carboxylic acids is 1. The molecule has 2 aromatic heterocycles. The van der Waals surface area contributed by atoms with E-state index in [0.29, 0.717) is 12.1 Å². The maximum Gasteiger partial charge on any atom is 0.436 e. The zero-order valence-electron chi connectivity index (χ0n) is 21.7. The van der Waals surface area contributed by atoms with E-state index in [1.807, 2.05) is 44.4 Å². The van der Waals surface area contributed by atoms with Crippen LogP contribution in [0.4, 0.5) is 18.9 Å². The highest BCUT2D eigenvalue weighted by molar-refractivity contribution is 5.88. The second-order valence-electron chi connectivity index (χ2n) is 9.09. The monoisotopic (exact) mass is 528 g/mol. The standard InChI is InChI=1S/C17H15F3N4O2.C10H16N2/c1-11-6-21-23(7-11)8-12-2-4-13(5-3-12)9-24-10-14(16(25)26)15(22-24)17(18,19)20;1-7-4-9(11)5-8(2)10(7)6-12-3/h2-7,10H,8-9H2,1H3,(H,25,26);4-5,12H,6,11H2,1-3H3. The molecule has 0 atom stereocenters. The van der Waals surface area contributed by atoms with Crippen LogP contribution in [0.15, 0.2) is 55.0 Å². The van der Waals surface area contributed by atoms with E-state index in [0.717, 1.165) is 34.2 Å². The van der Waals surface area contributed by atoms with E-state index in [2.05, 4.69) is 29.4 Å². The minimum Gasteiger partial charge on any atom is -0.478 e. The molecule has 4 N–H and O–H groups in total. The number of aromatic nitrogens is 4. The number of carboxylic acid groups (broad SMARTS) is 1. The van der Waals surface area contributed by atoms with Crippen molar-refractivity contribution in [2.75, 3.05) is 12.8 Å². The zero-order chi connectivity index (χ0) is 28.0. The Balaban J connectivity index is 0.000000279. The summed E-state index contributed by atoms with van der Waals surface area (Å²) in [7, 11) is 1.95. The molecule has 38 heavy (non-hydrogen) atoms. The number of nitrogens with one attached hydrogen (secondary N) is 1. The van der Waals surface area contributed by atoms with Gasteiger partial charge >= 0.3 is 12.1 Å². The summed E-state index contributed by atoms with van der Waals surface area (Å²) in [6, 6.07) is 11.2. The van der Waals surface area contributed by atoms with Crippen molar-refractivity contribution in [1.82, 2.24) is 24.9 Å². The van der Waals surface area contributed by atoms with Gasteiger partial charge in [-0.3, -0.25) is 9.36 Å². The predicted molar refractivity (Wildman–Crippen MR) is 139 cm³/mol. The van der Waals surface area contributed by atoms with Gasteiger partial charge in [-0.15, -0.1) is 0 Å². The Morgan fingerprint density at radius 3 is 1.97 bits per heavy atom. The van der Waals surface area contributed by atoms with Crippen LogP contribution >= 0.6 is 0 Å². The fraction of sp³-hybridized carbons (Fsp3) is 0.296. The van der Waals surface area contributed by atoms with Crippen LogP contribution in [0.3, 0.4) is 0 Å². The summed E-state index contributed by atoms with van der Waals surface area (Å²) >= 11 is 0. The largest absolute Gasteiger partial charge is 0.478 e. The first kappa shape index (κ1) is 28.5. The number of carbonyl (C=O) groups is 1. The van der Waals surface area contributed by atoms with Gasteiger partial charge in [0, 0.05) is 24.6 Å². The molecule has 0 amide bonds. The number of rotatable bonds is 7. The summed E-state index contributed by atoms with van der Waals surface area (Å²) in [5.74, 6) is -1.66. The lowest BCUT2D eigenvalue weighted by Gasteiger charge is -2.09. The van der Waals surface area contributed by atoms with Crippen molar-refractivity contribution in [2.45, 2.75) is 46.6 Å². The van der Waals surface area contributed by atoms with Gasteiger partial charge in [-0.25, -0.2) is 4.79 Å². The summed E-state index contributed by atoms with van der Waals surface area (Å²) in [5.41, 5.74) is 10.9. The maximum absolute atomic E-state index is 12.9. The van der Waals surface area contributed by atoms with Gasteiger partial charge < -0.3 is 16.2 Å². The van der Waals surface area contributed by atoms with Gasteiger partial charge in [-0.05, 0) is 73.3 Å². The topological polar surface area (TPSA) is 111 Å². The number of aryl methyl sites for hydroxylation is 3.